The van der Waals surface area contributed by atoms with E-state index in [1.165, 1.54) is 19.3 Å². The Morgan fingerprint density at radius 2 is 0.815 bits per heavy atom. The van der Waals surface area contributed by atoms with Crippen LogP contribution in [0, 0.1) is 0 Å². The highest BCUT2D eigenvalue weighted by Gasteiger charge is 2.74. The molecule has 1 saturated heterocycles. The Hall–Kier alpha value is 0.411. The minimum absolute atomic E-state index is 0.390. The first-order valence-corrected chi connectivity index (χ1v) is 16.5. The van der Waals surface area contributed by atoms with Crippen LogP contribution in [0.4, 0.5) is 0 Å². The Bertz CT molecular complexity index is 432. The zero-order chi connectivity index (χ0) is 19.0. The minimum Gasteiger partial charge on any atom is -0.374 e. The first-order valence-electron chi connectivity index (χ1n) is 11.1. The number of hydrogen-bond donors (Lipinski definition) is 0. The second kappa shape index (κ2) is 8.27. The fourth-order valence-electron chi connectivity index (χ4n) is 4.58. The highest BCUT2D eigenvalue weighted by Crippen LogP contribution is 2.57. The molecule has 27 heavy (non-hydrogen) atoms. The van der Waals surface area contributed by atoms with Gasteiger partial charge in [0, 0.05) is 36.4 Å². The maximum Gasteiger partial charge on any atom is 0.489 e. The lowest BCUT2D eigenvalue weighted by molar-refractivity contribution is -0.0108. The molecule has 0 amide bonds. The van der Waals surface area contributed by atoms with Crippen molar-refractivity contribution < 1.29 is 25.6 Å². The molecule has 0 unspecified atom stereocenters. The van der Waals surface area contributed by atoms with Crippen LogP contribution in [0.3, 0.4) is 0 Å². The van der Waals surface area contributed by atoms with Crippen LogP contribution in [0.1, 0.15) is 78.6 Å². The van der Waals surface area contributed by atoms with Crippen molar-refractivity contribution in [2.24, 2.45) is 0 Å². The van der Waals surface area contributed by atoms with Crippen molar-refractivity contribution in [3.8, 4) is 0 Å². The van der Waals surface area contributed by atoms with Gasteiger partial charge < -0.3 is 25.6 Å². The molecule has 156 valence electrons. The smallest absolute Gasteiger partial charge is 0.374 e. The SMILES string of the molecule is CCO[Si]1(C2CCC2)O[Si](OCC)(C2CCC2)O[Si](OCC)(C2CCC2)O1. The van der Waals surface area contributed by atoms with Crippen LogP contribution in [-0.2, 0) is 25.6 Å². The maximum absolute atomic E-state index is 6.91. The Balaban J connectivity index is 1.74. The fourth-order valence-corrected chi connectivity index (χ4v) is 21.6. The molecule has 6 nitrogen and oxygen atoms in total. The summed E-state index contributed by atoms with van der Waals surface area (Å²) in [6, 6.07) is 0. The second-order valence-electron chi connectivity index (χ2n) is 8.30. The van der Waals surface area contributed by atoms with E-state index in [9.17, 15) is 0 Å². The zero-order valence-corrected chi connectivity index (χ0v) is 20.2. The van der Waals surface area contributed by atoms with Crippen molar-refractivity contribution >= 4 is 26.4 Å². The van der Waals surface area contributed by atoms with Gasteiger partial charge in [0.2, 0.25) is 0 Å². The van der Waals surface area contributed by atoms with Crippen molar-refractivity contribution in [3.05, 3.63) is 0 Å². The summed E-state index contributed by atoms with van der Waals surface area (Å²) in [5.41, 5.74) is 1.17. The summed E-state index contributed by atoms with van der Waals surface area (Å²) >= 11 is 0. The highest BCUT2D eigenvalue weighted by atomic mass is 28.5. The summed E-state index contributed by atoms with van der Waals surface area (Å²) in [4.78, 5) is 0. The highest BCUT2D eigenvalue weighted by molar-refractivity contribution is 6.90. The topological polar surface area (TPSA) is 55.4 Å². The Morgan fingerprint density at radius 1 is 0.556 bits per heavy atom. The Labute approximate surface area is 167 Å². The van der Waals surface area contributed by atoms with Crippen molar-refractivity contribution in [1.29, 1.82) is 0 Å². The Kier molecular flexibility index (Phi) is 6.33. The van der Waals surface area contributed by atoms with Crippen LogP contribution in [0.25, 0.3) is 0 Å². The van der Waals surface area contributed by atoms with E-state index in [0.717, 1.165) is 38.5 Å². The number of rotatable bonds is 9. The van der Waals surface area contributed by atoms with Crippen LogP contribution < -0.4 is 0 Å². The van der Waals surface area contributed by atoms with Gasteiger partial charge in [-0.05, 0) is 59.3 Å². The molecule has 0 atom stereocenters. The molecule has 4 fully saturated rings. The van der Waals surface area contributed by atoms with E-state index in [-0.39, 0.29) is 0 Å². The van der Waals surface area contributed by atoms with Gasteiger partial charge >= 0.3 is 26.4 Å². The van der Waals surface area contributed by atoms with Crippen molar-refractivity contribution in [2.75, 3.05) is 19.8 Å². The first kappa shape index (κ1) is 20.7. The molecule has 9 heteroatoms. The molecule has 3 saturated carbocycles. The van der Waals surface area contributed by atoms with Crippen molar-refractivity contribution in [2.45, 2.75) is 95.2 Å². The zero-order valence-electron chi connectivity index (χ0n) is 17.2. The van der Waals surface area contributed by atoms with Gasteiger partial charge in [0.05, 0.1) is 0 Å². The normalized spacial score (nSPS) is 41.0. The third-order valence-electron chi connectivity index (χ3n) is 6.71. The van der Waals surface area contributed by atoms with Gasteiger partial charge in [-0.3, -0.25) is 0 Å². The van der Waals surface area contributed by atoms with Crippen LogP contribution in [0.2, 0.25) is 16.6 Å². The molecular weight excluding hydrogens is 396 g/mol. The minimum atomic E-state index is -2.89. The van der Waals surface area contributed by atoms with E-state index < -0.39 is 26.4 Å². The lowest BCUT2D eigenvalue weighted by Gasteiger charge is -2.58. The predicted octanol–water partition coefficient (Wildman–Crippen LogP) is 4.64. The molecule has 4 rings (SSSR count). The molecule has 1 heterocycles. The van der Waals surface area contributed by atoms with E-state index in [1.54, 1.807) is 0 Å². The molecule has 0 aromatic carbocycles. The second-order valence-corrected chi connectivity index (χ2v) is 17.7. The van der Waals surface area contributed by atoms with Gasteiger partial charge in [0.15, 0.2) is 0 Å². The lowest BCUT2D eigenvalue weighted by atomic mass is 10.00. The van der Waals surface area contributed by atoms with Gasteiger partial charge in [-0.25, -0.2) is 0 Å². The Morgan fingerprint density at radius 3 is 0.963 bits per heavy atom. The largest absolute Gasteiger partial charge is 0.489 e. The molecule has 4 aliphatic rings. The van der Waals surface area contributed by atoms with Crippen LogP contribution >= 0.6 is 0 Å². The van der Waals surface area contributed by atoms with Crippen molar-refractivity contribution in [1.82, 2.24) is 0 Å². The summed E-state index contributed by atoms with van der Waals surface area (Å²) in [6.07, 6.45) is 10.5. The first-order chi connectivity index (χ1) is 13.1. The van der Waals surface area contributed by atoms with E-state index in [2.05, 4.69) is 20.8 Å². The quantitative estimate of drug-likeness (QED) is 0.495. The molecule has 0 spiro atoms. The van der Waals surface area contributed by atoms with Crippen molar-refractivity contribution in [3.63, 3.8) is 0 Å². The maximum atomic E-state index is 6.91. The van der Waals surface area contributed by atoms with Crippen LogP contribution in [-0.4, -0.2) is 46.2 Å². The lowest BCUT2D eigenvalue weighted by Crippen LogP contribution is -2.78. The molecule has 3 aliphatic carbocycles. The molecule has 0 aromatic heterocycles. The van der Waals surface area contributed by atoms with E-state index in [4.69, 9.17) is 25.6 Å². The average Bonchev–Trinajstić information content (AvgIpc) is 2.40. The molecule has 1 aliphatic heterocycles. The molecule has 0 aromatic rings. The molecule has 0 N–H and O–H groups in total. The van der Waals surface area contributed by atoms with Gasteiger partial charge in [-0.15, -0.1) is 0 Å². The van der Waals surface area contributed by atoms with Gasteiger partial charge in [0.25, 0.3) is 0 Å². The molecule has 0 bridgehead atoms. The van der Waals surface area contributed by atoms with E-state index in [1.807, 2.05) is 0 Å². The third-order valence-corrected chi connectivity index (χ3v) is 20.3. The fraction of sp³-hybridized carbons (Fsp3) is 1.00. The summed E-state index contributed by atoms with van der Waals surface area (Å²) in [5.74, 6) is 0. The molecule has 0 radical (unpaired) electrons. The average molecular weight is 433 g/mol. The summed E-state index contributed by atoms with van der Waals surface area (Å²) < 4.78 is 40.1. The third kappa shape index (κ3) is 3.57. The predicted molar refractivity (Wildman–Crippen MR) is 108 cm³/mol. The summed E-state index contributed by atoms with van der Waals surface area (Å²) in [5, 5.41) is 0. The van der Waals surface area contributed by atoms with E-state index >= 15 is 0 Å². The van der Waals surface area contributed by atoms with Gasteiger partial charge in [-0.2, -0.15) is 0 Å². The van der Waals surface area contributed by atoms with Crippen LogP contribution in [0.15, 0.2) is 0 Å². The van der Waals surface area contributed by atoms with E-state index in [0.29, 0.717) is 36.4 Å². The molecular formula is C18H36O6Si3. The monoisotopic (exact) mass is 432 g/mol. The standard InChI is InChI=1S/C18H36O6Si3/c1-4-19-25(16-10-7-11-16)22-26(20-5-2,17-12-8-13-17)24-27(23-25,21-6-3)18-14-9-15-18/h16-18H,4-15H2,1-3H3. The van der Waals surface area contributed by atoms with Gasteiger partial charge in [0.1, 0.15) is 0 Å². The number of hydrogen-bond acceptors (Lipinski definition) is 6. The van der Waals surface area contributed by atoms with Gasteiger partial charge in [-0.1, -0.05) is 19.3 Å². The summed E-state index contributed by atoms with van der Waals surface area (Å²) in [6.45, 7) is 8.00. The summed E-state index contributed by atoms with van der Waals surface area (Å²) in [7, 11) is -8.66. The van der Waals surface area contributed by atoms with Crippen LogP contribution in [0.5, 0.6) is 0 Å².